The molecule has 1 N–H and O–H groups in total. The molecule has 74 heavy (non-hydrogen) atoms. The summed E-state index contributed by atoms with van der Waals surface area (Å²) in [5.41, 5.74) is 0. The molecule has 1 atom stereocenters. The van der Waals surface area contributed by atoms with Crippen molar-refractivity contribution in [2.75, 3.05) is 13.2 Å². The Labute approximate surface area is 457 Å². The van der Waals surface area contributed by atoms with Crippen molar-refractivity contribution in [1.82, 2.24) is 0 Å². The van der Waals surface area contributed by atoms with Crippen molar-refractivity contribution in [1.29, 1.82) is 0 Å². The van der Waals surface area contributed by atoms with Gasteiger partial charge in [0.05, 0.1) is 6.61 Å². The Morgan fingerprint density at radius 2 is 0.541 bits per heavy atom. The van der Waals surface area contributed by atoms with Gasteiger partial charge in [-0.05, 0) is 109 Å². The van der Waals surface area contributed by atoms with Crippen LogP contribution in [0.1, 0.15) is 271 Å². The second kappa shape index (κ2) is 63.3. The number of unbranched alkanes of at least 4 members (excludes halogenated alkanes) is 25. The summed E-state index contributed by atoms with van der Waals surface area (Å²) < 4.78 is 10.7. The predicted octanol–water partition coefficient (Wildman–Crippen LogP) is 21.2. The number of aliphatic hydroxyl groups excluding tert-OH is 1. The highest BCUT2D eigenvalue weighted by molar-refractivity contribution is 5.70. The topological polar surface area (TPSA) is 72.8 Å². The van der Waals surface area contributed by atoms with E-state index in [1.807, 2.05) is 0 Å². The molecule has 0 fully saturated rings. The summed E-state index contributed by atoms with van der Waals surface area (Å²) in [4.78, 5) is 24.6. The van der Waals surface area contributed by atoms with E-state index >= 15 is 0 Å². The molecule has 0 aliphatic heterocycles. The van der Waals surface area contributed by atoms with Crippen molar-refractivity contribution < 1.29 is 24.2 Å². The van der Waals surface area contributed by atoms with Gasteiger partial charge in [-0.15, -0.1) is 0 Å². The molecule has 0 rings (SSSR count). The number of carbonyl (C=O) groups excluding carboxylic acids is 2. The minimum Gasteiger partial charge on any atom is -0.462 e. The van der Waals surface area contributed by atoms with Gasteiger partial charge in [0.1, 0.15) is 6.61 Å². The van der Waals surface area contributed by atoms with Crippen LogP contribution in [-0.2, 0) is 19.1 Å². The highest BCUT2D eigenvalue weighted by Gasteiger charge is 2.16. The fraction of sp³-hybridized carbons (Fsp3) is 0.652. The van der Waals surface area contributed by atoms with Gasteiger partial charge in [-0.25, -0.2) is 0 Å². The maximum atomic E-state index is 12.3. The van der Waals surface area contributed by atoms with Crippen LogP contribution < -0.4 is 0 Å². The molecular weight excluding hydrogens is 909 g/mol. The first-order chi connectivity index (χ1) is 36.6. The van der Waals surface area contributed by atoms with Crippen molar-refractivity contribution >= 4 is 11.9 Å². The van der Waals surface area contributed by atoms with Crippen LogP contribution in [0.5, 0.6) is 0 Å². The van der Waals surface area contributed by atoms with Gasteiger partial charge in [0.2, 0.25) is 0 Å². The molecule has 0 aliphatic rings. The molecule has 0 aromatic rings. The fourth-order valence-electron chi connectivity index (χ4n) is 8.41. The van der Waals surface area contributed by atoms with Crippen LogP contribution in [0.4, 0.5) is 0 Å². The van der Waals surface area contributed by atoms with E-state index in [1.165, 1.54) is 135 Å². The van der Waals surface area contributed by atoms with Gasteiger partial charge in [-0.3, -0.25) is 9.59 Å². The molecule has 0 saturated carbocycles. The van der Waals surface area contributed by atoms with E-state index in [4.69, 9.17) is 9.47 Å². The summed E-state index contributed by atoms with van der Waals surface area (Å²) in [5.74, 6) is -0.595. The van der Waals surface area contributed by atoms with E-state index in [2.05, 4.69) is 148 Å². The van der Waals surface area contributed by atoms with E-state index in [-0.39, 0.29) is 25.2 Å². The number of ether oxygens (including phenoxy) is 2. The first kappa shape index (κ1) is 70.0. The summed E-state index contributed by atoms with van der Waals surface area (Å²) in [6, 6.07) is 0. The molecule has 0 amide bonds. The smallest absolute Gasteiger partial charge is 0.306 e. The molecular formula is C69H114O5. The molecule has 5 heteroatoms. The molecule has 0 aliphatic carbocycles. The molecule has 0 radical (unpaired) electrons. The Balaban J connectivity index is 3.52. The summed E-state index contributed by atoms with van der Waals surface area (Å²) in [6.07, 6.45) is 94.3. The number of rotatable bonds is 55. The summed E-state index contributed by atoms with van der Waals surface area (Å²) in [6.45, 7) is 3.92. The van der Waals surface area contributed by atoms with E-state index in [9.17, 15) is 14.7 Å². The van der Waals surface area contributed by atoms with Gasteiger partial charge >= 0.3 is 11.9 Å². The Morgan fingerprint density at radius 1 is 0.311 bits per heavy atom. The number of aliphatic hydroxyl groups is 1. The number of allylic oxidation sites excluding steroid dienone is 22. The number of hydrogen-bond donors (Lipinski definition) is 1. The molecule has 1 unspecified atom stereocenters. The van der Waals surface area contributed by atoms with Crippen molar-refractivity contribution in [3.05, 3.63) is 134 Å². The van der Waals surface area contributed by atoms with Crippen LogP contribution in [0.25, 0.3) is 0 Å². The Hall–Kier alpha value is -3.96. The number of carbonyl (C=O) groups is 2. The third-order valence-corrected chi connectivity index (χ3v) is 12.9. The first-order valence-corrected chi connectivity index (χ1v) is 30.7. The molecule has 0 aromatic carbocycles. The lowest BCUT2D eigenvalue weighted by molar-refractivity contribution is -0.161. The fourth-order valence-corrected chi connectivity index (χ4v) is 8.41. The zero-order valence-electron chi connectivity index (χ0n) is 48.1. The Bertz CT molecular complexity index is 1530. The molecule has 5 nitrogen and oxygen atoms in total. The molecule has 420 valence electrons. The minimum atomic E-state index is -0.783. The maximum Gasteiger partial charge on any atom is 0.306 e. The van der Waals surface area contributed by atoms with Crippen LogP contribution in [0.3, 0.4) is 0 Å². The van der Waals surface area contributed by atoms with Gasteiger partial charge < -0.3 is 14.6 Å². The monoisotopic (exact) mass is 1020 g/mol. The van der Waals surface area contributed by atoms with Gasteiger partial charge in [0.25, 0.3) is 0 Å². The lowest BCUT2D eigenvalue weighted by atomic mass is 10.0. The molecule has 0 aromatic heterocycles. The van der Waals surface area contributed by atoms with Crippen LogP contribution >= 0.6 is 0 Å². The average Bonchev–Trinajstić information content (AvgIpc) is 3.40. The van der Waals surface area contributed by atoms with Crippen molar-refractivity contribution in [2.24, 2.45) is 0 Å². The van der Waals surface area contributed by atoms with Crippen molar-refractivity contribution in [3.8, 4) is 0 Å². The lowest BCUT2D eigenvalue weighted by Gasteiger charge is -2.15. The summed E-state index contributed by atoms with van der Waals surface area (Å²) >= 11 is 0. The molecule has 0 spiro atoms. The van der Waals surface area contributed by atoms with Gasteiger partial charge in [0.15, 0.2) is 6.10 Å². The highest BCUT2D eigenvalue weighted by atomic mass is 16.6. The van der Waals surface area contributed by atoms with E-state index in [0.29, 0.717) is 12.8 Å². The Kier molecular flexibility index (Phi) is 59.9. The maximum absolute atomic E-state index is 12.3. The van der Waals surface area contributed by atoms with Gasteiger partial charge in [0, 0.05) is 12.8 Å². The van der Waals surface area contributed by atoms with Crippen LogP contribution in [0, 0.1) is 0 Å². The van der Waals surface area contributed by atoms with Crippen LogP contribution in [0.15, 0.2) is 134 Å². The Morgan fingerprint density at radius 3 is 0.811 bits per heavy atom. The largest absolute Gasteiger partial charge is 0.462 e. The summed E-state index contributed by atoms with van der Waals surface area (Å²) in [5, 5.41) is 9.68. The second-order valence-corrected chi connectivity index (χ2v) is 20.0. The van der Waals surface area contributed by atoms with E-state index in [0.717, 1.165) is 109 Å². The SMILES string of the molecule is CC/C=C\C/C=C\C/C=C\C/C=C\C/C=C\C/C=C\CCCCCCCCCCCCCCCCC(=O)OC(CO)COC(=O)CCCCCCCCCCCCC/C=C\C/C=C\C/C=C\C/C=C\C/C=C\CC. The average molecular weight is 1020 g/mol. The third-order valence-electron chi connectivity index (χ3n) is 12.9. The molecule has 0 heterocycles. The van der Waals surface area contributed by atoms with Crippen LogP contribution in [0.2, 0.25) is 0 Å². The third kappa shape index (κ3) is 60.6. The molecule has 0 saturated heterocycles. The van der Waals surface area contributed by atoms with Crippen LogP contribution in [-0.4, -0.2) is 36.4 Å². The first-order valence-electron chi connectivity index (χ1n) is 30.7. The summed E-state index contributed by atoms with van der Waals surface area (Å²) in [7, 11) is 0. The number of esters is 2. The predicted molar refractivity (Wildman–Crippen MR) is 324 cm³/mol. The van der Waals surface area contributed by atoms with E-state index < -0.39 is 6.10 Å². The standard InChI is InChI=1S/C69H114O5/c1-3-5-7-9-11-13-15-17-19-21-23-25-27-29-31-32-33-34-35-36-38-40-42-44-46-48-50-52-54-56-58-60-62-64-69(72)74-67(65-70)66-73-68(71)63-61-59-57-55-53-51-49-47-45-43-41-39-37-30-28-26-24-22-20-18-16-14-12-10-8-6-4-2/h5-8,11-14,17-20,23-26,29-31,33-34,37,67,70H,3-4,9-10,15-16,21-22,27-28,32,35-36,38-66H2,1-2H3/b7-5-,8-6-,13-11-,14-12-,19-17-,20-18-,25-23-,26-24-,31-29-,34-33-,37-30-. The van der Waals surface area contributed by atoms with Crippen molar-refractivity contribution in [3.63, 3.8) is 0 Å². The normalized spacial score (nSPS) is 13.2. The van der Waals surface area contributed by atoms with Crippen molar-refractivity contribution in [2.45, 2.75) is 277 Å². The van der Waals surface area contributed by atoms with E-state index in [1.54, 1.807) is 0 Å². The quantitative estimate of drug-likeness (QED) is 0.0373. The zero-order valence-corrected chi connectivity index (χ0v) is 48.1. The second-order valence-electron chi connectivity index (χ2n) is 20.0. The molecule has 0 bridgehead atoms. The zero-order chi connectivity index (χ0) is 53.4. The minimum absolute atomic E-state index is 0.0732. The highest BCUT2D eigenvalue weighted by Crippen LogP contribution is 2.16. The van der Waals surface area contributed by atoms with Gasteiger partial charge in [-0.1, -0.05) is 282 Å². The number of hydrogen-bond acceptors (Lipinski definition) is 5. The lowest BCUT2D eigenvalue weighted by Crippen LogP contribution is -2.28. The van der Waals surface area contributed by atoms with Gasteiger partial charge in [-0.2, -0.15) is 0 Å².